The Morgan fingerprint density at radius 1 is 1.14 bits per heavy atom. The van der Waals surface area contributed by atoms with Crippen LogP contribution in [0.1, 0.15) is 23.2 Å². The first-order chi connectivity index (χ1) is 13.4. The number of piperidine rings is 1. The predicted molar refractivity (Wildman–Crippen MR) is 105 cm³/mol. The largest absolute Gasteiger partial charge is 0.482 e. The molecule has 1 saturated heterocycles. The van der Waals surface area contributed by atoms with E-state index >= 15 is 0 Å². The number of carbonyl (C=O) groups excluding carboxylic acids is 2. The van der Waals surface area contributed by atoms with E-state index < -0.39 is 5.82 Å². The lowest BCUT2D eigenvalue weighted by molar-refractivity contribution is -0.124. The van der Waals surface area contributed by atoms with Crippen LogP contribution in [-0.4, -0.2) is 42.5 Å². The number of rotatable bonds is 5. The van der Waals surface area contributed by atoms with Crippen LogP contribution >= 0.6 is 23.2 Å². The topological polar surface area (TPSA) is 58.6 Å². The molecule has 0 saturated carbocycles. The lowest BCUT2D eigenvalue weighted by Crippen LogP contribution is -2.47. The number of nitrogens with one attached hydrogen (secondary N) is 1. The van der Waals surface area contributed by atoms with E-state index in [-0.39, 0.29) is 24.5 Å². The Hall–Kier alpha value is -2.31. The molecule has 0 bridgehead atoms. The van der Waals surface area contributed by atoms with Crippen LogP contribution in [0, 0.1) is 5.82 Å². The second-order valence-electron chi connectivity index (χ2n) is 6.51. The van der Waals surface area contributed by atoms with Gasteiger partial charge < -0.3 is 15.0 Å². The van der Waals surface area contributed by atoms with E-state index in [4.69, 9.17) is 27.9 Å². The Labute approximate surface area is 172 Å². The van der Waals surface area contributed by atoms with Crippen molar-refractivity contribution >= 4 is 35.0 Å². The molecule has 0 aromatic heterocycles. The van der Waals surface area contributed by atoms with Crippen LogP contribution in [0.3, 0.4) is 0 Å². The molecular formula is C20H19Cl2FN2O3. The van der Waals surface area contributed by atoms with Crippen molar-refractivity contribution in [1.29, 1.82) is 0 Å². The summed E-state index contributed by atoms with van der Waals surface area (Å²) in [6, 6.07) is 10.4. The molecule has 0 spiro atoms. The van der Waals surface area contributed by atoms with Crippen LogP contribution < -0.4 is 10.1 Å². The first-order valence-electron chi connectivity index (χ1n) is 8.84. The fraction of sp³-hybridized carbons (Fsp3) is 0.300. The van der Waals surface area contributed by atoms with Gasteiger partial charge in [0.25, 0.3) is 11.8 Å². The monoisotopic (exact) mass is 424 g/mol. The van der Waals surface area contributed by atoms with Gasteiger partial charge in [-0.05, 0) is 49.2 Å². The first-order valence-corrected chi connectivity index (χ1v) is 9.60. The predicted octanol–water partition coefficient (Wildman–Crippen LogP) is 3.93. The minimum Gasteiger partial charge on any atom is -0.482 e. The van der Waals surface area contributed by atoms with E-state index in [1.807, 2.05) is 0 Å². The molecule has 1 N–H and O–H groups in total. The van der Waals surface area contributed by atoms with Crippen LogP contribution in [0.25, 0.3) is 0 Å². The van der Waals surface area contributed by atoms with Crippen LogP contribution in [0.4, 0.5) is 4.39 Å². The fourth-order valence-corrected chi connectivity index (χ4v) is 3.50. The van der Waals surface area contributed by atoms with E-state index in [9.17, 15) is 14.0 Å². The zero-order valence-electron chi connectivity index (χ0n) is 15.0. The van der Waals surface area contributed by atoms with Crippen molar-refractivity contribution in [2.45, 2.75) is 18.9 Å². The Balaban J connectivity index is 1.44. The van der Waals surface area contributed by atoms with Crippen molar-refractivity contribution in [3.8, 4) is 5.75 Å². The summed E-state index contributed by atoms with van der Waals surface area (Å²) in [6.07, 6.45) is 1.24. The fourth-order valence-electron chi connectivity index (χ4n) is 3.04. The summed E-state index contributed by atoms with van der Waals surface area (Å²) in [4.78, 5) is 26.2. The number of benzene rings is 2. The zero-order valence-corrected chi connectivity index (χ0v) is 16.5. The van der Waals surface area contributed by atoms with Gasteiger partial charge in [0.15, 0.2) is 6.61 Å². The third kappa shape index (κ3) is 5.36. The number of halogens is 3. The molecule has 5 nitrogen and oxygen atoms in total. The van der Waals surface area contributed by atoms with E-state index in [2.05, 4.69) is 5.32 Å². The molecule has 1 aliphatic heterocycles. The van der Waals surface area contributed by atoms with Crippen molar-refractivity contribution in [1.82, 2.24) is 10.2 Å². The van der Waals surface area contributed by atoms with E-state index in [1.165, 1.54) is 18.2 Å². The van der Waals surface area contributed by atoms with Gasteiger partial charge in [0.2, 0.25) is 0 Å². The minimum absolute atomic E-state index is 0.0478. The van der Waals surface area contributed by atoms with Gasteiger partial charge in [-0.3, -0.25) is 9.59 Å². The van der Waals surface area contributed by atoms with Crippen molar-refractivity contribution in [2.75, 3.05) is 19.7 Å². The molecular weight excluding hydrogens is 406 g/mol. The van der Waals surface area contributed by atoms with Gasteiger partial charge in [0.1, 0.15) is 11.6 Å². The van der Waals surface area contributed by atoms with Crippen molar-refractivity contribution in [3.63, 3.8) is 0 Å². The quantitative estimate of drug-likeness (QED) is 0.790. The average Bonchev–Trinajstić information content (AvgIpc) is 2.67. The number of nitrogens with zero attached hydrogens (tertiary/aromatic N) is 1. The SMILES string of the molecule is O=C(COc1ccc(Cl)cc1Cl)NC1CCN(C(=O)c2cccc(F)c2)CC1. The van der Waals surface area contributed by atoms with Gasteiger partial charge in [-0.1, -0.05) is 29.3 Å². The normalized spacial score (nSPS) is 14.6. The van der Waals surface area contributed by atoms with Crippen LogP contribution in [0.15, 0.2) is 42.5 Å². The van der Waals surface area contributed by atoms with Gasteiger partial charge in [-0.15, -0.1) is 0 Å². The maximum atomic E-state index is 13.3. The van der Waals surface area contributed by atoms with Gasteiger partial charge in [-0.25, -0.2) is 4.39 Å². The lowest BCUT2D eigenvalue weighted by atomic mass is 10.0. The summed E-state index contributed by atoms with van der Waals surface area (Å²) in [5.41, 5.74) is 0.329. The van der Waals surface area contributed by atoms with Gasteiger partial charge in [0.05, 0.1) is 5.02 Å². The number of ether oxygens (including phenoxy) is 1. The smallest absolute Gasteiger partial charge is 0.258 e. The molecule has 2 amide bonds. The Morgan fingerprint density at radius 2 is 1.89 bits per heavy atom. The van der Waals surface area contributed by atoms with E-state index in [0.29, 0.717) is 47.3 Å². The van der Waals surface area contributed by atoms with Crippen molar-refractivity contribution in [3.05, 3.63) is 63.9 Å². The molecule has 0 aliphatic carbocycles. The molecule has 2 aromatic carbocycles. The number of likely N-dealkylation sites (tertiary alicyclic amines) is 1. The molecule has 8 heteroatoms. The zero-order chi connectivity index (χ0) is 20.1. The third-order valence-corrected chi connectivity index (χ3v) is 5.00. The molecule has 3 rings (SSSR count). The first kappa shape index (κ1) is 20.4. The molecule has 0 atom stereocenters. The summed E-state index contributed by atoms with van der Waals surface area (Å²) < 4.78 is 18.7. The summed E-state index contributed by atoms with van der Waals surface area (Å²) in [5, 5.41) is 3.72. The highest BCUT2D eigenvalue weighted by molar-refractivity contribution is 6.35. The highest BCUT2D eigenvalue weighted by Gasteiger charge is 2.25. The maximum absolute atomic E-state index is 13.3. The molecule has 148 valence electrons. The molecule has 0 radical (unpaired) electrons. The summed E-state index contributed by atoms with van der Waals surface area (Å²) in [7, 11) is 0. The van der Waals surface area contributed by atoms with Gasteiger partial charge in [-0.2, -0.15) is 0 Å². The number of amides is 2. The number of hydrogen-bond acceptors (Lipinski definition) is 3. The Morgan fingerprint density at radius 3 is 2.57 bits per heavy atom. The van der Waals surface area contributed by atoms with Gasteiger partial charge in [0, 0.05) is 29.7 Å². The Bertz CT molecular complexity index is 870. The standard InChI is InChI=1S/C20H19Cl2FN2O3/c21-14-4-5-18(17(22)11-14)28-12-19(26)24-16-6-8-25(9-7-16)20(27)13-2-1-3-15(23)10-13/h1-5,10-11,16H,6-9,12H2,(H,24,26). The average molecular weight is 425 g/mol. The molecule has 0 unspecified atom stereocenters. The van der Waals surface area contributed by atoms with Crippen LogP contribution in [0.5, 0.6) is 5.75 Å². The highest BCUT2D eigenvalue weighted by atomic mass is 35.5. The maximum Gasteiger partial charge on any atom is 0.258 e. The molecule has 1 aliphatic rings. The molecule has 1 heterocycles. The lowest BCUT2D eigenvalue weighted by Gasteiger charge is -2.32. The molecule has 28 heavy (non-hydrogen) atoms. The van der Waals surface area contributed by atoms with E-state index in [1.54, 1.807) is 29.2 Å². The second-order valence-corrected chi connectivity index (χ2v) is 7.35. The van der Waals surface area contributed by atoms with Gasteiger partial charge >= 0.3 is 0 Å². The van der Waals surface area contributed by atoms with Crippen molar-refractivity contribution in [2.24, 2.45) is 0 Å². The summed E-state index contributed by atoms with van der Waals surface area (Å²) in [6.45, 7) is 0.818. The van der Waals surface area contributed by atoms with E-state index in [0.717, 1.165) is 0 Å². The summed E-state index contributed by atoms with van der Waals surface area (Å²) >= 11 is 11.8. The third-order valence-electron chi connectivity index (χ3n) is 4.47. The van der Waals surface area contributed by atoms with Crippen LogP contribution in [-0.2, 0) is 4.79 Å². The highest BCUT2D eigenvalue weighted by Crippen LogP contribution is 2.27. The Kier molecular flexibility index (Phi) is 6.75. The molecule has 2 aromatic rings. The summed E-state index contributed by atoms with van der Waals surface area (Å²) in [5.74, 6) is -0.517. The molecule has 1 fully saturated rings. The number of carbonyl (C=O) groups is 2. The minimum atomic E-state index is -0.436. The van der Waals surface area contributed by atoms with Crippen LogP contribution in [0.2, 0.25) is 10.0 Å². The second kappa shape index (κ2) is 9.26. The van der Waals surface area contributed by atoms with Crippen molar-refractivity contribution < 1.29 is 18.7 Å². The number of hydrogen-bond donors (Lipinski definition) is 1.